The van der Waals surface area contributed by atoms with Crippen LogP contribution in [0.5, 0.6) is 0 Å². The fourth-order valence-electron chi connectivity index (χ4n) is 1.67. The van der Waals surface area contributed by atoms with Crippen molar-refractivity contribution < 1.29 is 0 Å². The highest BCUT2D eigenvalue weighted by atomic mass is 32.1. The zero-order chi connectivity index (χ0) is 13.0. The van der Waals surface area contributed by atoms with E-state index in [2.05, 4.69) is 22.2 Å². The minimum absolute atomic E-state index is 0.230. The largest absolute Gasteiger partial charge is 0.389 e. The van der Waals surface area contributed by atoms with Crippen molar-refractivity contribution in [3.05, 3.63) is 42.6 Å². The molecule has 0 aliphatic rings. The van der Waals surface area contributed by atoms with Crippen molar-refractivity contribution in [2.75, 3.05) is 5.32 Å². The summed E-state index contributed by atoms with van der Waals surface area (Å²) in [4.78, 5) is 8.62. The van der Waals surface area contributed by atoms with Crippen LogP contribution in [0.25, 0.3) is 0 Å². The van der Waals surface area contributed by atoms with Crippen LogP contribution >= 0.6 is 12.2 Å². The maximum Gasteiger partial charge on any atom is 0.126 e. The fourth-order valence-corrected chi connectivity index (χ4v) is 1.80. The number of hydrogen-bond acceptors (Lipinski definition) is 4. The van der Waals surface area contributed by atoms with Crippen LogP contribution in [0.3, 0.4) is 0 Å². The average Bonchev–Trinajstić information content (AvgIpc) is 2.82. The molecule has 0 bridgehead atoms. The zero-order valence-electron chi connectivity index (χ0n) is 10.1. The average molecular weight is 261 g/mol. The van der Waals surface area contributed by atoms with Gasteiger partial charge in [0.25, 0.3) is 0 Å². The maximum absolute atomic E-state index is 5.59. The standard InChI is InChI=1S/C12H15N5S/c1-9(7-17-5-4-14-8-17)16-11-6-10(12(13)18)2-3-15-11/h2-6,8-9H,7H2,1H3,(H2,13,18)(H,15,16). The Morgan fingerprint density at radius 2 is 2.39 bits per heavy atom. The third kappa shape index (κ3) is 3.27. The van der Waals surface area contributed by atoms with Gasteiger partial charge in [0.1, 0.15) is 10.8 Å². The summed E-state index contributed by atoms with van der Waals surface area (Å²) in [6.07, 6.45) is 7.17. The Hall–Kier alpha value is -1.95. The quantitative estimate of drug-likeness (QED) is 0.797. The molecule has 2 aromatic heterocycles. The molecule has 0 amide bonds. The molecule has 1 unspecified atom stereocenters. The molecular formula is C12H15N5S. The van der Waals surface area contributed by atoms with E-state index >= 15 is 0 Å². The van der Waals surface area contributed by atoms with E-state index in [1.54, 1.807) is 24.8 Å². The molecular weight excluding hydrogens is 246 g/mol. The molecule has 2 aromatic rings. The van der Waals surface area contributed by atoms with Gasteiger partial charge in [-0.3, -0.25) is 0 Å². The molecule has 2 rings (SSSR count). The number of anilines is 1. The Balaban J connectivity index is 2.00. The SMILES string of the molecule is CC(Cn1ccnc1)Nc1cc(C(N)=S)ccn1. The van der Waals surface area contributed by atoms with Crippen LogP contribution in [0.2, 0.25) is 0 Å². The molecule has 94 valence electrons. The number of thiocarbonyl (C=S) groups is 1. The van der Waals surface area contributed by atoms with Crippen LogP contribution in [-0.4, -0.2) is 25.6 Å². The molecule has 5 nitrogen and oxygen atoms in total. The third-order valence-corrected chi connectivity index (χ3v) is 2.72. The number of pyridine rings is 1. The highest BCUT2D eigenvalue weighted by Crippen LogP contribution is 2.08. The second kappa shape index (κ2) is 5.59. The number of nitrogens with zero attached hydrogens (tertiary/aromatic N) is 3. The summed E-state index contributed by atoms with van der Waals surface area (Å²) in [7, 11) is 0. The molecule has 1 atom stereocenters. The van der Waals surface area contributed by atoms with Crippen LogP contribution < -0.4 is 11.1 Å². The van der Waals surface area contributed by atoms with Crippen molar-refractivity contribution in [1.29, 1.82) is 0 Å². The van der Waals surface area contributed by atoms with Gasteiger partial charge in [0.05, 0.1) is 6.33 Å². The highest BCUT2D eigenvalue weighted by Gasteiger charge is 2.05. The fraction of sp³-hybridized carbons (Fsp3) is 0.250. The number of imidazole rings is 1. The summed E-state index contributed by atoms with van der Waals surface area (Å²) in [5, 5.41) is 3.30. The topological polar surface area (TPSA) is 68.8 Å². The molecule has 0 saturated heterocycles. The van der Waals surface area contributed by atoms with Crippen LogP contribution in [0, 0.1) is 0 Å². The molecule has 0 fully saturated rings. The van der Waals surface area contributed by atoms with Gasteiger partial charge >= 0.3 is 0 Å². The molecule has 0 aliphatic heterocycles. The van der Waals surface area contributed by atoms with E-state index in [0.29, 0.717) is 4.99 Å². The van der Waals surface area contributed by atoms with E-state index in [1.165, 1.54) is 0 Å². The number of aromatic nitrogens is 3. The van der Waals surface area contributed by atoms with Gasteiger partial charge in [-0.15, -0.1) is 0 Å². The minimum Gasteiger partial charge on any atom is -0.389 e. The summed E-state index contributed by atoms with van der Waals surface area (Å²) in [6, 6.07) is 3.88. The van der Waals surface area contributed by atoms with E-state index in [9.17, 15) is 0 Å². The van der Waals surface area contributed by atoms with Crippen molar-refractivity contribution in [3.63, 3.8) is 0 Å². The normalized spacial score (nSPS) is 12.1. The second-order valence-corrected chi connectivity index (χ2v) is 4.54. The van der Waals surface area contributed by atoms with Crippen LogP contribution in [0.15, 0.2) is 37.1 Å². The smallest absolute Gasteiger partial charge is 0.126 e. The van der Waals surface area contributed by atoms with E-state index < -0.39 is 0 Å². The Morgan fingerprint density at radius 3 is 3.06 bits per heavy atom. The summed E-state index contributed by atoms with van der Waals surface area (Å²) in [6.45, 7) is 2.90. The predicted octanol–water partition coefficient (Wildman–Crippen LogP) is 1.41. The monoisotopic (exact) mass is 261 g/mol. The van der Waals surface area contributed by atoms with E-state index in [-0.39, 0.29) is 6.04 Å². The van der Waals surface area contributed by atoms with Gasteiger partial charge in [0.2, 0.25) is 0 Å². The first-order valence-corrected chi connectivity index (χ1v) is 6.04. The lowest BCUT2D eigenvalue weighted by molar-refractivity contribution is 0.617. The van der Waals surface area contributed by atoms with Crippen molar-refractivity contribution in [2.24, 2.45) is 5.73 Å². The van der Waals surface area contributed by atoms with Crippen molar-refractivity contribution in [1.82, 2.24) is 14.5 Å². The van der Waals surface area contributed by atoms with Gasteiger partial charge in [-0.2, -0.15) is 0 Å². The minimum atomic E-state index is 0.230. The van der Waals surface area contributed by atoms with E-state index in [1.807, 2.05) is 16.8 Å². The number of nitrogens with two attached hydrogens (primary N) is 1. The molecule has 2 heterocycles. The third-order valence-electron chi connectivity index (χ3n) is 2.48. The van der Waals surface area contributed by atoms with Crippen LogP contribution in [0.1, 0.15) is 12.5 Å². The summed E-state index contributed by atoms with van der Waals surface area (Å²) in [5.74, 6) is 0.771. The van der Waals surface area contributed by atoms with Crippen LogP contribution in [0.4, 0.5) is 5.82 Å². The molecule has 0 spiro atoms. The second-order valence-electron chi connectivity index (χ2n) is 4.10. The first-order chi connectivity index (χ1) is 8.65. The van der Waals surface area contributed by atoms with Gasteiger partial charge in [-0.05, 0) is 19.1 Å². The number of nitrogens with one attached hydrogen (secondary N) is 1. The molecule has 0 saturated carbocycles. The molecule has 3 N–H and O–H groups in total. The number of hydrogen-bond donors (Lipinski definition) is 2. The predicted molar refractivity (Wildman–Crippen MR) is 75.4 cm³/mol. The molecule has 0 aromatic carbocycles. The van der Waals surface area contributed by atoms with Gasteiger partial charge in [0.15, 0.2) is 0 Å². The first kappa shape index (κ1) is 12.5. The number of rotatable bonds is 5. The molecule has 0 aliphatic carbocycles. The molecule has 6 heteroatoms. The van der Waals surface area contributed by atoms with Crippen molar-refractivity contribution in [3.8, 4) is 0 Å². The van der Waals surface area contributed by atoms with Crippen LogP contribution in [-0.2, 0) is 6.54 Å². The van der Waals surface area contributed by atoms with Gasteiger partial charge in [-0.25, -0.2) is 9.97 Å². The maximum atomic E-state index is 5.59. The van der Waals surface area contributed by atoms with Crippen molar-refractivity contribution >= 4 is 23.0 Å². The first-order valence-electron chi connectivity index (χ1n) is 5.63. The molecule has 18 heavy (non-hydrogen) atoms. The van der Waals surface area contributed by atoms with Gasteiger partial charge in [0, 0.05) is 36.7 Å². The zero-order valence-corrected chi connectivity index (χ0v) is 10.9. The van der Waals surface area contributed by atoms with E-state index in [0.717, 1.165) is 17.9 Å². The lowest BCUT2D eigenvalue weighted by atomic mass is 10.2. The van der Waals surface area contributed by atoms with Gasteiger partial charge < -0.3 is 15.6 Å². The Bertz CT molecular complexity index is 523. The Labute approximate surface area is 111 Å². The van der Waals surface area contributed by atoms with E-state index in [4.69, 9.17) is 18.0 Å². The van der Waals surface area contributed by atoms with Crippen molar-refractivity contribution in [2.45, 2.75) is 19.5 Å². The summed E-state index contributed by atoms with van der Waals surface area (Å²) in [5.41, 5.74) is 6.40. The lowest BCUT2D eigenvalue weighted by Crippen LogP contribution is -2.22. The molecule has 0 radical (unpaired) electrons. The Morgan fingerprint density at radius 1 is 1.56 bits per heavy atom. The Kier molecular flexibility index (Phi) is 3.88. The summed E-state index contributed by atoms with van der Waals surface area (Å²) < 4.78 is 2.01. The van der Waals surface area contributed by atoms with Gasteiger partial charge in [-0.1, -0.05) is 12.2 Å². The highest BCUT2D eigenvalue weighted by molar-refractivity contribution is 7.80. The lowest BCUT2D eigenvalue weighted by Gasteiger charge is -2.15. The summed E-state index contributed by atoms with van der Waals surface area (Å²) >= 11 is 4.94.